The van der Waals surface area contributed by atoms with Crippen molar-refractivity contribution in [2.24, 2.45) is 0 Å². The highest BCUT2D eigenvalue weighted by molar-refractivity contribution is 7.92. The molecule has 0 aliphatic rings. The van der Waals surface area contributed by atoms with Gasteiger partial charge in [-0.25, -0.2) is 8.42 Å². The minimum atomic E-state index is -3.57. The van der Waals surface area contributed by atoms with Gasteiger partial charge in [0.05, 0.1) is 11.9 Å². The van der Waals surface area contributed by atoms with Gasteiger partial charge in [0.15, 0.2) is 0 Å². The van der Waals surface area contributed by atoms with E-state index < -0.39 is 21.6 Å². The van der Waals surface area contributed by atoms with Crippen LogP contribution >= 0.6 is 11.6 Å². The summed E-state index contributed by atoms with van der Waals surface area (Å²) in [4.78, 5) is 29.2. The van der Waals surface area contributed by atoms with E-state index in [1.54, 1.807) is 29.2 Å². The summed E-state index contributed by atoms with van der Waals surface area (Å²) in [5, 5.41) is 3.59. The van der Waals surface area contributed by atoms with Gasteiger partial charge in [-0.2, -0.15) is 0 Å². The Morgan fingerprint density at radius 1 is 0.905 bits per heavy atom. The monoisotopic (exact) mass is 611 g/mol. The summed E-state index contributed by atoms with van der Waals surface area (Å²) in [7, 11) is -3.57. The topological polar surface area (TPSA) is 86.8 Å². The van der Waals surface area contributed by atoms with E-state index >= 15 is 0 Å². The summed E-state index contributed by atoms with van der Waals surface area (Å²) in [5.41, 5.74) is 2.89. The number of amides is 2. The van der Waals surface area contributed by atoms with Crippen molar-refractivity contribution in [3.8, 4) is 0 Å². The molecule has 0 aromatic heterocycles. The molecule has 3 aromatic carbocycles. The molecule has 0 aliphatic heterocycles. The highest BCUT2D eigenvalue weighted by Crippen LogP contribution is 2.22. The van der Waals surface area contributed by atoms with Crippen molar-refractivity contribution in [2.45, 2.75) is 71.5 Å². The molecule has 0 bridgehead atoms. The lowest BCUT2D eigenvalue weighted by Gasteiger charge is -2.34. The molecule has 0 fully saturated rings. The zero-order chi connectivity index (χ0) is 30.9. The minimum Gasteiger partial charge on any atom is -0.350 e. The van der Waals surface area contributed by atoms with E-state index in [-0.39, 0.29) is 37.7 Å². The van der Waals surface area contributed by atoms with E-state index in [0.29, 0.717) is 17.1 Å². The summed E-state index contributed by atoms with van der Waals surface area (Å²) in [6.07, 6.45) is 2.69. The van der Waals surface area contributed by atoms with Crippen molar-refractivity contribution < 1.29 is 18.0 Å². The fourth-order valence-corrected chi connectivity index (χ4v) is 5.92. The molecule has 3 aromatic rings. The second-order valence-electron chi connectivity index (χ2n) is 11.6. The Balaban J connectivity index is 1.89. The third-order valence-corrected chi connectivity index (χ3v) is 8.23. The molecule has 0 radical (unpaired) electrons. The number of anilines is 1. The van der Waals surface area contributed by atoms with E-state index in [0.717, 1.165) is 23.1 Å². The number of carbonyl (C=O) groups excluding carboxylic acids is 2. The number of halogens is 1. The molecule has 0 spiro atoms. The number of benzene rings is 3. The number of aryl methyl sites for hydroxylation is 1. The third-order valence-electron chi connectivity index (χ3n) is 6.80. The number of hydrogen-bond acceptors (Lipinski definition) is 4. The van der Waals surface area contributed by atoms with Crippen LogP contribution in [-0.4, -0.2) is 49.5 Å². The maximum Gasteiger partial charge on any atom is 0.243 e. The fourth-order valence-electron chi connectivity index (χ4n) is 4.74. The normalized spacial score (nSPS) is 12.4. The first-order valence-corrected chi connectivity index (χ1v) is 16.5. The van der Waals surface area contributed by atoms with Gasteiger partial charge in [-0.05, 0) is 74.6 Å². The van der Waals surface area contributed by atoms with Crippen LogP contribution in [0, 0.1) is 0 Å². The van der Waals surface area contributed by atoms with Gasteiger partial charge >= 0.3 is 0 Å². The van der Waals surface area contributed by atoms with E-state index in [2.05, 4.69) is 5.32 Å². The molecule has 2 amide bonds. The van der Waals surface area contributed by atoms with Gasteiger partial charge in [0.1, 0.15) is 6.04 Å². The lowest BCUT2D eigenvalue weighted by atomic mass is 10.00. The van der Waals surface area contributed by atoms with Crippen LogP contribution in [0.15, 0.2) is 78.9 Å². The van der Waals surface area contributed by atoms with E-state index in [1.165, 1.54) is 10.6 Å². The summed E-state index contributed by atoms with van der Waals surface area (Å²) >= 11 is 6.26. The van der Waals surface area contributed by atoms with Gasteiger partial charge in [0.2, 0.25) is 21.8 Å². The van der Waals surface area contributed by atoms with Crippen LogP contribution < -0.4 is 9.62 Å². The molecule has 226 valence electrons. The van der Waals surface area contributed by atoms with Gasteiger partial charge < -0.3 is 10.2 Å². The van der Waals surface area contributed by atoms with Crippen molar-refractivity contribution in [1.82, 2.24) is 10.2 Å². The van der Waals surface area contributed by atoms with Crippen LogP contribution in [0.3, 0.4) is 0 Å². The van der Waals surface area contributed by atoms with Crippen LogP contribution in [0.5, 0.6) is 0 Å². The molecule has 0 heterocycles. The first-order chi connectivity index (χ1) is 19.8. The van der Waals surface area contributed by atoms with Gasteiger partial charge in [-0.1, -0.05) is 73.1 Å². The molecule has 3 rings (SSSR count). The highest BCUT2D eigenvalue weighted by atomic mass is 35.5. The molecule has 1 N–H and O–H groups in total. The van der Waals surface area contributed by atoms with E-state index in [1.807, 2.05) is 82.3 Å². The van der Waals surface area contributed by atoms with Crippen LogP contribution in [0.25, 0.3) is 0 Å². The van der Waals surface area contributed by atoms with E-state index in [9.17, 15) is 18.0 Å². The van der Waals surface area contributed by atoms with Crippen LogP contribution in [0.2, 0.25) is 5.02 Å². The fraction of sp³-hybridized carbons (Fsp3) is 0.394. The average Bonchev–Trinajstić information content (AvgIpc) is 2.92. The molecular weight excluding hydrogens is 570 g/mol. The smallest absolute Gasteiger partial charge is 0.243 e. The Hall–Kier alpha value is -3.36. The van der Waals surface area contributed by atoms with Crippen molar-refractivity contribution in [1.29, 1.82) is 0 Å². The number of rotatable bonds is 13. The Morgan fingerprint density at radius 2 is 1.55 bits per heavy atom. The van der Waals surface area contributed by atoms with Crippen molar-refractivity contribution >= 4 is 39.1 Å². The van der Waals surface area contributed by atoms with Crippen molar-refractivity contribution in [2.75, 3.05) is 17.1 Å². The zero-order valence-electron chi connectivity index (χ0n) is 25.1. The van der Waals surface area contributed by atoms with Crippen LogP contribution in [0.4, 0.5) is 5.69 Å². The number of nitrogens with zero attached hydrogens (tertiary/aromatic N) is 2. The molecule has 0 saturated heterocycles. The van der Waals surface area contributed by atoms with Gasteiger partial charge in [0, 0.05) is 36.5 Å². The van der Waals surface area contributed by atoms with Gasteiger partial charge in [-0.15, -0.1) is 0 Å². The zero-order valence-corrected chi connectivity index (χ0v) is 26.7. The molecule has 0 unspecified atom stereocenters. The second kappa shape index (κ2) is 14.7. The Labute approximate surface area is 255 Å². The first kappa shape index (κ1) is 33.1. The lowest BCUT2D eigenvalue weighted by molar-refractivity contribution is -0.142. The molecule has 1 atom stereocenters. The average molecular weight is 612 g/mol. The third kappa shape index (κ3) is 10.2. The number of nitrogens with one attached hydrogen (secondary N) is 1. The lowest BCUT2D eigenvalue weighted by Crippen LogP contribution is -2.54. The minimum absolute atomic E-state index is 0.0632. The molecule has 0 saturated carbocycles. The summed E-state index contributed by atoms with van der Waals surface area (Å²) < 4.78 is 26.7. The maximum absolute atomic E-state index is 13.9. The standard InChI is InChI=1S/C33H42ClN3O4S/c1-6-25-17-19-29(20-18-25)37(42(5,40)41)21-11-16-31(38)36(24-27-14-10-15-28(34)22-27)30(32(39)35-33(2,3)4)23-26-12-8-7-9-13-26/h7-10,12-15,17-20,22,30H,6,11,16,21,23-24H2,1-5H3,(H,35,39)/t30-/m1/s1. The predicted molar refractivity (Wildman–Crippen MR) is 171 cm³/mol. The van der Waals surface area contributed by atoms with Crippen molar-refractivity contribution in [3.05, 3.63) is 101 Å². The number of hydrogen-bond donors (Lipinski definition) is 1. The SMILES string of the molecule is CCc1ccc(N(CCCC(=O)N(Cc2cccc(Cl)c2)[C@H](Cc2ccccc2)C(=O)NC(C)(C)C)S(C)(=O)=O)cc1. The Bertz CT molecular complexity index is 1440. The molecule has 42 heavy (non-hydrogen) atoms. The Kier molecular flexibility index (Phi) is 11.6. The summed E-state index contributed by atoms with van der Waals surface area (Å²) in [5.74, 6) is -0.495. The molecule has 0 aliphatic carbocycles. The van der Waals surface area contributed by atoms with Crippen LogP contribution in [-0.2, 0) is 39.0 Å². The quantitative estimate of drug-likeness (QED) is 0.257. The van der Waals surface area contributed by atoms with E-state index in [4.69, 9.17) is 11.6 Å². The maximum atomic E-state index is 13.9. The molecule has 7 nitrogen and oxygen atoms in total. The number of carbonyl (C=O) groups is 2. The summed E-state index contributed by atoms with van der Waals surface area (Å²) in [6.45, 7) is 8.07. The van der Waals surface area contributed by atoms with Crippen molar-refractivity contribution in [3.63, 3.8) is 0 Å². The Morgan fingerprint density at radius 3 is 2.12 bits per heavy atom. The largest absolute Gasteiger partial charge is 0.350 e. The second-order valence-corrected chi connectivity index (χ2v) is 13.9. The number of sulfonamides is 1. The van der Waals surface area contributed by atoms with Gasteiger partial charge in [-0.3, -0.25) is 13.9 Å². The molecular formula is C33H42ClN3O4S. The van der Waals surface area contributed by atoms with Crippen LogP contribution in [0.1, 0.15) is 57.2 Å². The summed E-state index contributed by atoms with van der Waals surface area (Å²) in [6, 6.07) is 23.5. The highest BCUT2D eigenvalue weighted by Gasteiger charge is 2.32. The molecule has 9 heteroatoms. The van der Waals surface area contributed by atoms with Gasteiger partial charge in [0.25, 0.3) is 0 Å². The predicted octanol–water partition coefficient (Wildman–Crippen LogP) is 6.00. The first-order valence-electron chi connectivity index (χ1n) is 14.2.